The van der Waals surface area contributed by atoms with E-state index in [-0.39, 0.29) is 29.4 Å². The summed E-state index contributed by atoms with van der Waals surface area (Å²) in [5.41, 5.74) is 0.874. The fourth-order valence-electron chi connectivity index (χ4n) is 3.31. The molecular formula is C30H40BrO4P. The number of benzene rings is 3. The number of halogens is 1. The highest BCUT2D eigenvalue weighted by atomic mass is 79.9. The highest BCUT2D eigenvalue weighted by molar-refractivity contribution is 7.73. The average molecular weight is 576 g/mol. The van der Waals surface area contributed by atoms with Crippen LogP contribution in [0.2, 0.25) is 0 Å². The predicted molar refractivity (Wildman–Crippen MR) is 149 cm³/mol. The first kappa shape index (κ1) is 32.0. The summed E-state index contributed by atoms with van der Waals surface area (Å²) < 4.78 is 16.5. The first-order chi connectivity index (χ1) is 16.8. The van der Waals surface area contributed by atoms with Crippen LogP contribution in [0.5, 0.6) is 0 Å². The molecule has 0 fully saturated rings. The van der Waals surface area contributed by atoms with Crippen LogP contribution in [0.1, 0.15) is 32.8 Å². The molecule has 36 heavy (non-hydrogen) atoms. The summed E-state index contributed by atoms with van der Waals surface area (Å²) >= 11 is 0. The zero-order chi connectivity index (χ0) is 25.4. The maximum atomic E-state index is 11.6. The molecule has 0 spiro atoms. The standard InChI is InChI=1S/C23H31O4P.C7H8.BrH/c1-23(2,3)27-22(24)14-15-25-16-17-26-18-19-28(20-10-6-4-7-11-20)21-12-8-5-9-13-21;1-7-5-3-2-4-6-7;/h4-13H,14-19H2,1-3H3;2-6H,1H3;1H. The smallest absolute Gasteiger partial charge is 0.308 e. The summed E-state index contributed by atoms with van der Waals surface area (Å²) in [6.07, 6.45) is 1.28. The van der Waals surface area contributed by atoms with Gasteiger partial charge in [0, 0.05) is 0 Å². The van der Waals surface area contributed by atoms with E-state index in [0.29, 0.717) is 26.4 Å². The maximum absolute atomic E-state index is 11.6. The third-order valence-electron chi connectivity index (χ3n) is 4.92. The molecule has 4 nitrogen and oxygen atoms in total. The number of hydrogen-bond acceptors (Lipinski definition) is 4. The summed E-state index contributed by atoms with van der Waals surface area (Å²) in [4.78, 5) is 11.6. The Balaban J connectivity index is 0.000000696. The van der Waals surface area contributed by atoms with Gasteiger partial charge in [0.1, 0.15) is 5.60 Å². The first-order valence-corrected chi connectivity index (χ1v) is 13.9. The molecule has 0 unspecified atom stereocenters. The van der Waals surface area contributed by atoms with Gasteiger partial charge in [0.05, 0.1) is 57.5 Å². The molecule has 0 aromatic heterocycles. The van der Waals surface area contributed by atoms with E-state index >= 15 is 0 Å². The molecule has 0 aliphatic carbocycles. The molecule has 3 rings (SSSR count). The molecule has 3 aromatic carbocycles. The van der Waals surface area contributed by atoms with Gasteiger partial charge >= 0.3 is 5.97 Å². The topological polar surface area (TPSA) is 44.8 Å². The quantitative estimate of drug-likeness (QED) is 0.201. The Labute approximate surface area is 228 Å². The highest BCUT2D eigenvalue weighted by Crippen LogP contribution is 2.32. The van der Waals surface area contributed by atoms with Gasteiger partial charge in [0.2, 0.25) is 0 Å². The lowest BCUT2D eigenvalue weighted by Crippen LogP contribution is -3.00. The summed E-state index contributed by atoms with van der Waals surface area (Å²) in [5, 5.41) is 2.80. The van der Waals surface area contributed by atoms with Gasteiger partial charge in [-0.15, -0.1) is 0 Å². The van der Waals surface area contributed by atoms with Crippen molar-refractivity contribution < 1.29 is 36.0 Å². The Kier molecular flexibility index (Phi) is 16.2. The van der Waals surface area contributed by atoms with Crippen molar-refractivity contribution in [2.24, 2.45) is 0 Å². The fourth-order valence-corrected chi connectivity index (χ4v) is 5.76. The van der Waals surface area contributed by atoms with E-state index < -0.39 is 13.5 Å². The lowest BCUT2D eigenvalue weighted by atomic mass is 10.2. The molecule has 0 amide bonds. The molecule has 196 valence electrons. The number of aryl methyl sites for hydroxylation is 1. The second-order valence-electron chi connectivity index (χ2n) is 9.18. The third-order valence-corrected chi connectivity index (χ3v) is 7.69. The number of ether oxygens (including phenoxy) is 3. The Morgan fingerprint density at radius 1 is 0.694 bits per heavy atom. The van der Waals surface area contributed by atoms with Crippen molar-refractivity contribution in [1.82, 2.24) is 0 Å². The van der Waals surface area contributed by atoms with Crippen molar-refractivity contribution in [1.29, 1.82) is 0 Å². The van der Waals surface area contributed by atoms with Crippen molar-refractivity contribution >= 4 is 24.5 Å². The van der Waals surface area contributed by atoms with Crippen LogP contribution in [0, 0.1) is 6.92 Å². The van der Waals surface area contributed by atoms with E-state index in [9.17, 15) is 4.79 Å². The number of hydrogen-bond donors (Lipinski definition) is 0. The summed E-state index contributed by atoms with van der Waals surface area (Å²) in [6, 6.07) is 31.6. The lowest BCUT2D eigenvalue weighted by Gasteiger charge is -2.19. The molecule has 0 radical (unpaired) electrons. The minimum atomic E-state index is -0.852. The van der Waals surface area contributed by atoms with Crippen LogP contribution < -0.4 is 27.6 Å². The van der Waals surface area contributed by atoms with Crippen LogP contribution in [0.3, 0.4) is 0 Å². The van der Waals surface area contributed by atoms with Crippen molar-refractivity contribution in [2.45, 2.75) is 39.7 Å². The highest BCUT2D eigenvalue weighted by Gasteiger charge is 2.21. The van der Waals surface area contributed by atoms with Crippen molar-refractivity contribution in [2.75, 3.05) is 32.6 Å². The van der Waals surface area contributed by atoms with Crippen LogP contribution in [-0.2, 0) is 19.0 Å². The number of rotatable bonds is 11. The predicted octanol–water partition coefficient (Wildman–Crippen LogP) is 2.62. The van der Waals surface area contributed by atoms with Gasteiger partial charge in [-0.05, 0) is 52.0 Å². The Morgan fingerprint density at radius 3 is 1.56 bits per heavy atom. The number of carbonyl (C=O) groups is 1. The molecular weight excluding hydrogens is 535 g/mol. The Hall–Kier alpha value is -2.04. The van der Waals surface area contributed by atoms with Gasteiger partial charge in [-0.25, -0.2) is 0 Å². The van der Waals surface area contributed by atoms with Crippen LogP contribution in [0.15, 0.2) is 91.0 Å². The molecule has 0 bridgehead atoms. The summed E-state index contributed by atoms with van der Waals surface area (Å²) in [7, 11) is -0.852. The molecule has 0 atom stereocenters. The van der Waals surface area contributed by atoms with Crippen molar-refractivity contribution in [3.63, 3.8) is 0 Å². The third kappa shape index (κ3) is 14.5. The molecule has 0 aliphatic heterocycles. The number of carbonyl (C=O) groups excluding carboxylic acids is 1. The average Bonchev–Trinajstić information content (AvgIpc) is 2.84. The largest absolute Gasteiger partial charge is 1.00 e. The van der Waals surface area contributed by atoms with Gasteiger partial charge in [-0.2, -0.15) is 0 Å². The molecule has 0 saturated heterocycles. The molecule has 6 heteroatoms. The van der Waals surface area contributed by atoms with Crippen molar-refractivity contribution in [3.05, 3.63) is 96.6 Å². The van der Waals surface area contributed by atoms with Crippen LogP contribution >= 0.6 is 7.92 Å². The van der Waals surface area contributed by atoms with E-state index in [2.05, 4.69) is 79.7 Å². The van der Waals surface area contributed by atoms with Crippen LogP contribution in [-0.4, -0.2) is 44.2 Å². The fraction of sp³-hybridized carbons (Fsp3) is 0.367. The molecule has 3 aromatic rings. The monoisotopic (exact) mass is 574 g/mol. The molecule has 0 N–H and O–H groups in total. The minimum Gasteiger partial charge on any atom is -1.00 e. The van der Waals surface area contributed by atoms with Gasteiger partial charge in [-0.1, -0.05) is 72.3 Å². The SMILES string of the molecule is CC(C)(C)OC(=O)CCOCCOCC[PH+](c1ccccc1)c1ccccc1.Cc1ccccc1.[Br-]. The second-order valence-corrected chi connectivity index (χ2v) is 11.8. The summed E-state index contributed by atoms with van der Waals surface area (Å²) in [5.74, 6) is -0.230. The van der Waals surface area contributed by atoms with E-state index in [0.717, 1.165) is 6.16 Å². The van der Waals surface area contributed by atoms with E-state index in [1.165, 1.54) is 16.2 Å². The second kappa shape index (κ2) is 18.2. The molecule has 0 saturated carbocycles. The normalized spacial score (nSPS) is 10.7. The maximum Gasteiger partial charge on any atom is 0.308 e. The summed E-state index contributed by atoms with van der Waals surface area (Å²) in [6.45, 7) is 9.75. The van der Waals surface area contributed by atoms with Crippen LogP contribution in [0.4, 0.5) is 0 Å². The van der Waals surface area contributed by atoms with Gasteiger partial charge < -0.3 is 31.2 Å². The van der Waals surface area contributed by atoms with E-state index in [1.807, 2.05) is 39.0 Å². The zero-order valence-electron chi connectivity index (χ0n) is 21.9. The first-order valence-electron chi connectivity index (χ1n) is 12.2. The van der Waals surface area contributed by atoms with Gasteiger partial charge in [0.25, 0.3) is 0 Å². The minimum absolute atomic E-state index is 0. The molecule has 0 heterocycles. The van der Waals surface area contributed by atoms with E-state index in [1.54, 1.807) is 0 Å². The molecule has 0 aliphatic rings. The number of esters is 1. The van der Waals surface area contributed by atoms with Crippen LogP contribution in [0.25, 0.3) is 0 Å². The van der Waals surface area contributed by atoms with Crippen molar-refractivity contribution in [3.8, 4) is 0 Å². The van der Waals surface area contributed by atoms with Gasteiger partial charge in [-0.3, -0.25) is 4.79 Å². The lowest BCUT2D eigenvalue weighted by molar-refractivity contribution is -0.156. The Morgan fingerprint density at radius 2 is 1.14 bits per heavy atom. The Bertz CT molecular complexity index is 907. The van der Waals surface area contributed by atoms with Gasteiger partial charge in [0.15, 0.2) is 0 Å². The zero-order valence-corrected chi connectivity index (χ0v) is 24.5. The van der Waals surface area contributed by atoms with E-state index in [4.69, 9.17) is 14.2 Å².